The first-order valence-corrected chi connectivity index (χ1v) is 32.2. The summed E-state index contributed by atoms with van der Waals surface area (Å²) >= 11 is 0. The molecule has 0 aliphatic heterocycles. The predicted octanol–water partition coefficient (Wildman–Crippen LogP) is 19.7. The Labute approximate surface area is 453 Å². The van der Waals surface area contributed by atoms with Gasteiger partial charge in [-0.25, -0.2) is 4.57 Å². The van der Waals surface area contributed by atoms with Gasteiger partial charge in [0, 0.05) is 13.0 Å². The highest BCUT2D eigenvalue weighted by atomic mass is 31.2. The fourth-order valence-corrected chi connectivity index (χ4v) is 9.25. The summed E-state index contributed by atoms with van der Waals surface area (Å²) in [5.74, 6) is -0.317. The van der Waals surface area contributed by atoms with Crippen molar-refractivity contribution in [2.24, 2.45) is 0 Å². The molecule has 0 aliphatic rings. The minimum absolute atomic E-state index is 0.0848. The molecule has 73 heavy (non-hydrogen) atoms. The monoisotopic (exact) mass is 1040 g/mol. The maximum Gasteiger partial charge on any atom is 0.472 e. The second-order valence-electron chi connectivity index (χ2n) is 21.7. The van der Waals surface area contributed by atoms with Crippen molar-refractivity contribution < 1.29 is 37.3 Å². The van der Waals surface area contributed by atoms with Crippen LogP contribution in [-0.4, -0.2) is 75.6 Å². The van der Waals surface area contributed by atoms with Crippen molar-refractivity contribution in [3.05, 3.63) is 72.9 Å². The summed E-state index contributed by atoms with van der Waals surface area (Å²) in [5.41, 5.74) is 0. The first kappa shape index (κ1) is 70.9. The number of carbonyl (C=O) groups excluding carboxylic acids is 1. The fourth-order valence-electron chi connectivity index (χ4n) is 8.51. The number of rotatable bonds is 57. The number of hydrogen-bond acceptors (Lipinski definition) is 6. The smallest absolute Gasteiger partial charge is 0.457 e. The lowest BCUT2D eigenvalue weighted by molar-refractivity contribution is -0.870. The number of carbonyl (C=O) groups is 1. The van der Waals surface area contributed by atoms with Crippen molar-refractivity contribution in [1.29, 1.82) is 0 Å². The second-order valence-corrected chi connectivity index (χ2v) is 23.2. The Morgan fingerprint density at radius 2 is 0.753 bits per heavy atom. The van der Waals surface area contributed by atoms with Crippen LogP contribution in [0.1, 0.15) is 271 Å². The van der Waals surface area contributed by atoms with Crippen LogP contribution in [0.5, 0.6) is 0 Å². The molecule has 0 rings (SSSR count). The highest BCUT2D eigenvalue weighted by Crippen LogP contribution is 2.43. The van der Waals surface area contributed by atoms with E-state index in [1.807, 2.05) is 21.1 Å². The molecule has 0 aliphatic carbocycles. The molecule has 0 spiro atoms. The normalized spacial score (nSPS) is 13.9. The number of nitrogens with zero attached hydrogens (tertiary/aromatic N) is 1. The summed E-state index contributed by atoms with van der Waals surface area (Å²) in [7, 11) is 1.66. The van der Waals surface area contributed by atoms with Gasteiger partial charge in [-0.3, -0.25) is 13.8 Å². The molecule has 0 saturated heterocycles. The molecule has 0 aromatic carbocycles. The molecule has 0 fully saturated rings. The lowest BCUT2D eigenvalue weighted by Crippen LogP contribution is -2.37. The summed E-state index contributed by atoms with van der Waals surface area (Å²) in [6, 6.07) is 0. The number of allylic oxidation sites excluding steroid dienone is 12. The molecule has 9 heteroatoms. The zero-order valence-corrected chi connectivity index (χ0v) is 49.5. The van der Waals surface area contributed by atoms with Gasteiger partial charge in [0.15, 0.2) is 0 Å². The van der Waals surface area contributed by atoms with Crippen LogP contribution < -0.4 is 0 Å². The van der Waals surface area contributed by atoms with Crippen molar-refractivity contribution in [3.63, 3.8) is 0 Å². The molecular formula is C64H119NO7P+. The summed E-state index contributed by atoms with van der Waals surface area (Å²) in [4.78, 5) is 23.1. The SMILES string of the molecule is CCCCCCC/C=C\C/C=C\C/C=C\CCCCCCCCCCCCCOCC(COP(=O)(O)OCC[N+](C)(C)C)OC(=O)CCCCCCCCCCCC/C=C\C/C=C\C/C=C\CCCCCCC. The van der Waals surface area contributed by atoms with Crippen LogP contribution in [0.3, 0.4) is 0 Å². The molecule has 0 heterocycles. The van der Waals surface area contributed by atoms with Gasteiger partial charge in [0.05, 0.1) is 34.4 Å². The van der Waals surface area contributed by atoms with E-state index in [-0.39, 0.29) is 25.8 Å². The minimum atomic E-state index is -4.29. The van der Waals surface area contributed by atoms with Crippen LogP contribution in [0.2, 0.25) is 0 Å². The van der Waals surface area contributed by atoms with Gasteiger partial charge in [-0.05, 0) is 89.9 Å². The molecule has 0 aromatic heterocycles. The number of esters is 1. The molecule has 1 N–H and O–H groups in total. The van der Waals surface area contributed by atoms with Crippen LogP contribution in [0.15, 0.2) is 72.9 Å². The lowest BCUT2D eigenvalue weighted by Gasteiger charge is -2.24. The molecular weight excluding hydrogens is 926 g/mol. The van der Waals surface area contributed by atoms with Crippen LogP contribution in [0.4, 0.5) is 0 Å². The standard InChI is InChI=1S/C64H118NO7P/c1-6-8-10-12-14-16-18-20-22-24-26-28-30-32-34-36-38-40-42-44-46-48-50-52-54-56-59-69-61-63(62-71-73(67,68)70-60-58-65(3,4)5)72-64(66)57-55-53-51-49-47-45-43-41-39-37-35-33-31-29-27-25-23-21-19-17-15-13-11-9-7-2/h18-21,24-27,30-33,63H,6-17,22-23,28-29,34-62H2,1-5H3/p+1/b20-18-,21-19-,26-24-,27-25-,32-30-,33-31-. The molecule has 0 bridgehead atoms. The van der Waals surface area contributed by atoms with Gasteiger partial charge in [0.2, 0.25) is 0 Å². The first-order valence-electron chi connectivity index (χ1n) is 30.7. The Bertz CT molecular complexity index is 1400. The molecule has 0 aromatic rings. The topological polar surface area (TPSA) is 91.3 Å². The van der Waals surface area contributed by atoms with E-state index in [9.17, 15) is 14.3 Å². The third-order valence-electron chi connectivity index (χ3n) is 13.2. The van der Waals surface area contributed by atoms with Gasteiger partial charge in [-0.15, -0.1) is 0 Å². The Morgan fingerprint density at radius 1 is 0.425 bits per heavy atom. The van der Waals surface area contributed by atoms with E-state index >= 15 is 0 Å². The second kappa shape index (κ2) is 56.2. The van der Waals surface area contributed by atoms with E-state index in [0.29, 0.717) is 24.1 Å². The Balaban J connectivity index is 4.07. The van der Waals surface area contributed by atoms with Crippen LogP contribution in [0, 0.1) is 0 Å². The third kappa shape index (κ3) is 60.7. The van der Waals surface area contributed by atoms with Crippen molar-refractivity contribution in [2.75, 3.05) is 54.1 Å². The molecule has 0 amide bonds. The Kier molecular flexibility index (Phi) is 54.6. The highest BCUT2D eigenvalue weighted by molar-refractivity contribution is 7.47. The average Bonchev–Trinajstić information content (AvgIpc) is 3.35. The summed E-state index contributed by atoms with van der Waals surface area (Å²) < 4.78 is 35.3. The van der Waals surface area contributed by atoms with Crippen molar-refractivity contribution in [2.45, 2.75) is 277 Å². The highest BCUT2D eigenvalue weighted by Gasteiger charge is 2.26. The lowest BCUT2D eigenvalue weighted by atomic mass is 10.0. The molecule has 2 atom stereocenters. The molecule has 0 radical (unpaired) electrons. The van der Waals surface area contributed by atoms with Crippen LogP contribution >= 0.6 is 7.82 Å². The summed E-state index contributed by atoms with van der Waals surface area (Å²) in [6.07, 6.45) is 75.4. The van der Waals surface area contributed by atoms with E-state index < -0.39 is 13.9 Å². The van der Waals surface area contributed by atoms with E-state index in [4.69, 9.17) is 18.5 Å². The number of unbranched alkanes of at least 4 members (excludes halogenated alkanes) is 31. The number of likely N-dealkylation sites (N-methyl/N-ethyl adjacent to an activating group) is 1. The Hall–Kier alpha value is -2.06. The average molecular weight is 1050 g/mol. The van der Waals surface area contributed by atoms with E-state index in [1.165, 1.54) is 193 Å². The number of quaternary nitrogens is 1. The summed E-state index contributed by atoms with van der Waals surface area (Å²) in [5, 5.41) is 0. The molecule has 2 unspecified atom stereocenters. The van der Waals surface area contributed by atoms with Gasteiger partial charge in [0.1, 0.15) is 19.3 Å². The molecule has 426 valence electrons. The van der Waals surface area contributed by atoms with E-state index in [0.717, 1.165) is 57.8 Å². The van der Waals surface area contributed by atoms with Crippen molar-refractivity contribution >= 4 is 13.8 Å². The molecule has 8 nitrogen and oxygen atoms in total. The Morgan fingerprint density at radius 3 is 1.12 bits per heavy atom. The van der Waals surface area contributed by atoms with Gasteiger partial charge in [-0.1, -0.05) is 247 Å². The van der Waals surface area contributed by atoms with Gasteiger partial charge >= 0.3 is 13.8 Å². The summed E-state index contributed by atoms with van der Waals surface area (Å²) in [6.45, 7) is 5.61. The predicted molar refractivity (Wildman–Crippen MR) is 316 cm³/mol. The zero-order valence-electron chi connectivity index (χ0n) is 48.6. The van der Waals surface area contributed by atoms with Gasteiger partial charge in [-0.2, -0.15) is 0 Å². The quantitative estimate of drug-likeness (QED) is 0.0213. The third-order valence-corrected chi connectivity index (χ3v) is 14.2. The van der Waals surface area contributed by atoms with Crippen molar-refractivity contribution in [1.82, 2.24) is 0 Å². The fraction of sp³-hybridized carbons (Fsp3) is 0.797. The number of phosphoric acid groups is 1. The zero-order chi connectivity index (χ0) is 53.3. The number of ether oxygens (including phenoxy) is 2. The maximum atomic E-state index is 12.8. The van der Waals surface area contributed by atoms with E-state index in [1.54, 1.807) is 0 Å². The largest absolute Gasteiger partial charge is 0.472 e. The van der Waals surface area contributed by atoms with Crippen molar-refractivity contribution in [3.8, 4) is 0 Å². The van der Waals surface area contributed by atoms with Gasteiger partial charge < -0.3 is 18.9 Å². The number of hydrogen-bond donors (Lipinski definition) is 1. The maximum absolute atomic E-state index is 12.8. The minimum Gasteiger partial charge on any atom is -0.457 e. The van der Waals surface area contributed by atoms with Crippen LogP contribution in [-0.2, 0) is 27.9 Å². The first-order chi connectivity index (χ1) is 35.6. The van der Waals surface area contributed by atoms with Gasteiger partial charge in [0.25, 0.3) is 0 Å². The molecule has 0 saturated carbocycles. The van der Waals surface area contributed by atoms with E-state index in [2.05, 4.69) is 86.8 Å². The number of phosphoric ester groups is 1. The van der Waals surface area contributed by atoms with Crippen LogP contribution in [0.25, 0.3) is 0 Å².